The Morgan fingerprint density at radius 2 is 1.82 bits per heavy atom. The normalized spacial score (nSPS) is 13.0. The van der Waals surface area contributed by atoms with Gasteiger partial charge in [-0.25, -0.2) is 13.4 Å². The number of hydrogen-bond donors (Lipinski definition) is 1. The van der Waals surface area contributed by atoms with Crippen LogP contribution in [0.1, 0.15) is 24.4 Å². The summed E-state index contributed by atoms with van der Waals surface area (Å²) in [6.07, 6.45) is 0. The van der Waals surface area contributed by atoms with Crippen LogP contribution in [0.3, 0.4) is 0 Å². The fourth-order valence-corrected chi connectivity index (χ4v) is 4.83. The highest BCUT2D eigenvalue weighted by Gasteiger charge is 2.29. The van der Waals surface area contributed by atoms with Crippen LogP contribution in [0, 0.1) is 12.8 Å². The molecule has 0 aliphatic heterocycles. The second-order valence-electron chi connectivity index (χ2n) is 6.84. The van der Waals surface area contributed by atoms with Crippen LogP contribution in [0.4, 0.5) is 0 Å². The quantitative estimate of drug-likeness (QED) is 0.592. The van der Waals surface area contributed by atoms with Gasteiger partial charge in [0.1, 0.15) is 17.7 Å². The van der Waals surface area contributed by atoms with E-state index >= 15 is 0 Å². The van der Waals surface area contributed by atoms with Crippen LogP contribution < -0.4 is 4.72 Å². The predicted molar refractivity (Wildman–Crippen MR) is 110 cm³/mol. The largest absolute Gasteiger partial charge is 0.457 e. The third-order valence-electron chi connectivity index (χ3n) is 4.21. The highest BCUT2D eigenvalue weighted by molar-refractivity contribution is 7.89. The molecule has 2 aromatic carbocycles. The lowest BCUT2D eigenvalue weighted by Crippen LogP contribution is -2.45. The Balaban J connectivity index is 1.70. The molecular weight excluding hydrogens is 396 g/mol. The topological polar surface area (TPSA) is 85.4 Å². The minimum Gasteiger partial charge on any atom is -0.457 e. The van der Waals surface area contributed by atoms with Crippen LogP contribution >= 0.6 is 11.3 Å². The first-order chi connectivity index (χ1) is 13.3. The Kier molecular flexibility index (Phi) is 6.12. The van der Waals surface area contributed by atoms with Crippen molar-refractivity contribution >= 4 is 37.5 Å². The molecule has 1 aromatic heterocycles. The van der Waals surface area contributed by atoms with Crippen LogP contribution in [0.25, 0.3) is 10.2 Å². The number of benzene rings is 2. The maximum Gasteiger partial charge on any atom is 0.324 e. The second-order valence-corrected chi connectivity index (χ2v) is 9.67. The second kappa shape index (κ2) is 8.38. The minimum atomic E-state index is -3.83. The van der Waals surface area contributed by atoms with E-state index in [-0.39, 0.29) is 17.4 Å². The molecular formula is C20H22N2O4S2. The fraction of sp³-hybridized carbons (Fsp3) is 0.300. The molecule has 0 fully saturated rings. The number of rotatable bonds is 7. The van der Waals surface area contributed by atoms with Gasteiger partial charge in [0.05, 0.1) is 15.1 Å². The Labute approximate surface area is 168 Å². The van der Waals surface area contributed by atoms with Gasteiger partial charge in [-0.1, -0.05) is 43.7 Å². The van der Waals surface area contributed by atoms with Crippen LogP contribution in [0.2, 0.25) is 0 Å². The predicted octanol–water partition coefficient (Wildman–Crippen LogP) is 3.65. The van der Waals surface area contributed by atoms with Crippen molar-refractivity contribution in [3.63, 3.8) is 0 Å². The lowest BCUT2D eigenvalue weighted by atomic mass is 10.1. The summed E-state index contributed by atoms with van der Waals surface area (Å²) < 4.78 is 34.1. The monoisotopic (exact) mass is 418 g/mol. The van der Waals surface area contributed by atoms with E-state index in [4.69, 9.17) is 4.74 Å². The van der Waals surface area contributed by atoms with Crippen LogP contribution in [-0.4, -0.2) is 25.4 Å². The summed E-state index contributed by atoms with van der Waals surface area (Å²) in [5.41, 5.74) is 1.80. The maximum absolute atomic E-state index is 12.6. The Morgan fingerprint density at radius 1 is 1.14 bits per heavy atom. The van der Waals surface area contributed by atoms with Crippen molar-refractivity contribution in [2.24, 2.45) is 5.92 Å². The zero-order valence-electron chi connectivity index (χ0n) is 15.9. The van der Waals surface area contributed by atoms with Crippen molar-refractivity contribution < 1.29 is 17.9 Å². The number of thiazole rings is 1. The third-order valence-corrected chi connectivity index (χ3v) is 6.68. The average molecular weight is 419 g/mol. The van der Waals surface area contributed by atoms with Gasteiger partial charge in [-0.3, -0.25) is 4.79 Å². The first-order valence-electron chi connectivity index (χ1n) is 8.86. The fourth-order valence-electron chi connectivity index (χ4n) is 2.61. The van der Waals surface area contributed by atoms with E-state index in [1.165, 1.54) is 23.5 Å². The summed E-state index contributed by atoms with van der Waals surface area (Å²) >= 11 is 1.44. The maximum atomic E-state index is 12.6. The molecule has 0 amide bonds. The van der Waals surface area contributed by atoms with Crippen LogP contribution in [0.5, 0.6) is 0 Å². The number of para-hydroxylation sites is 1. The zero-order chi connectivity index (χ0) is 20.3. The summed E-state index contributed by atoms with van der Waals surface area (Å²) in [4.78, 5) is 17.1. The lowest BCUT2D eigenvalue weighted by Gasteiger charge is -2.20. The van der Waals surface area contributed by atoms with Crippen molar-refractivity contribution in [2.75, 3.05) is 0 Å². The Morgan fingerprint density at radius 3 is 2.46 bits per heavy atom. The lowest BCUT2D eigenvalue weighted by molar-refractivity contribution is -0.148. The van der Waals surface area contributed by atoms with Crippen molar-refractivity contribution in [1.29, 1.82) is 0 Å². The number of esters is 1. The molecule has 3 rings (SSSR count). The standard InChI is InChI=1S/C20H22N2O4S2/c1-13(2)19(22-28(24,25)15-10-8-14(3)9-11-15)20(23)26-12-18-21-16-6-4-5-7-17(16)27-18/h4-11,13,19,22H,12H2,1-3H3/t19-/m0/s1. The van der Waals surface area contributed by atoms with Crippen molar-refractivity contribution in [2.45, 2.75) is 38.3 Å². The van der Waals surface area contributed by atoms with Gasteiger partial charge in [-0.15, -0.1) is 11.3 Å². The number of carbonyl (C=O) groups excluding carboxylic acids is 1. The van der Waals surface area contributed by atoms with Crippen molar-refractivity contribution in [1.82, 2.24) is 9.71 Å². The molecule has 0 unspecified atom stereocenters. The molecule has 148 valence electrons. The van der Waals surface area contributed by atoms with Gasteiger partial charge in [-0.05, 0) is 37.1 Å². The SMILES string of the molecule is Cc1ccc(S(=O)(=O)N[C@H](C(=O)OCc2nc3ccccc3s2)C(C)C)cc1. The molecule has 6 nitrogen and oxygen atoms in total. The van der Waals surface area contributed by atoms with Gasteiger partial charge in [0, 0.05) is 0 Å². The smallest absolute Gasteiger partial charge is 0.324 e. The summed E-state index contributed by atoms with van der Waals surface area (Å²) in [5, 5.41) is 0.665. The number of ether oxygens (including phenoxy) is 1. The number of fused-ring (bicyclic) bond motifs is 1. The summed E-state index contributed by atoms with van der Waals surface area (Å²) in [6.45, 7) is 5.41. The molecule has 0 saturated carbocycles. The summed E-state index contributed by atoms with van der Waals surface area (Å²) in [5.74, 6) is -0.895. The molecule has 0 spiro atoms. The highest BCUT2D eigenvalue weighted by atomic mass is 32.2. The summed E-state index contributed by atoms with van der Waals surface area (Å²) in [7, 11) is -3.83. The molecule has 3 aromatic rings. The Bertz CT molecular complexity index is 1040. The van der Waals surface area contributed by atoms with Gasteiger partial charge in [0.25, 0.3) is 0 Å². The molecule has 28 heavy (non-hydrogen) atoms. The molecule has 0 bridgehead atoms. The molecule has 0 saturated heterocycles. The van der Waals surface area contributed by atoms with Crippen molar-refractivity contribution in [3.8, 4) is 0 Å². The molecule has 0 aliphatic rings. The first-order valence-corrected chi connectivity index (χ1v) is 11.2. The van der Waals surface area contributed by atoms with E-state index in [0.717, 1.165) is 15.8 Å². The number of hydrogen-bond acceptors (Lipinski definition) is 6. The van der Waals surface area contributed by atoms with E-state index < -0.39 is 22.0 Å². The van der Waals surface area contributed by atoms with Gasteiger partial charge in [-0.2, -0.15) is 4.72 Å². The van der Waals surface area contributed by atoms with Crippen LogP contribution in [0.15, 0.2) is 53.4 Å². The number of aryl methyl sites for hydroxylation is 1. The van der Waals surface area contributed by atoms with E-state index in [1.54, 1.807) is 26.0 Å². The van der Waals surface area contributed by atoms with Gasteiger partial charge in [0.2, 0.25) is 10.0 Å². The van der Waals surface area contributed by atoms with Gasteiger partial charge < -0.3 is 4.74 Å². The molecule has 1 heterocycles. The number of sulfonamides is 1. The molecule has 8 heteroatoms. The number of aromatic nitrogens is 1. The summed E-state index contributed by atoms with van der Waals surface area (Å²) in [6, 6.07) is 13.1. The van der Waals surface area contributed by atoms with Gasteiger partial charge in [0.15, 0.2) is 0 Å². The molecule has 0 radical (unpaired) electrons. The highest BCUT2D eigenvalue weighted by Crippen LogP contribution is 2.22. The molecule has 1 N–H and O–H groups in total. The average Bonchev–Trinajstić information content (AvgIpc) is 3.07. The van der Waals surface area contributed by atoms with Crippen LogP contribution in [-0.2, 0) is 26.2 Å². The first kappa shape index (κ1) is 20.4. The Hall–Kier alpha value is -2.29. The van der Waals surface area contributed by atoms with E-state index in [0.29, 0.717) is 5.01 Å². The number of nitrogens with one attached hydrogen (secondary N) is 1. The zero-order valence-corrected chi connectivity index (χ0v) is 17.5. The third kappa shape index (κ3) is 4.76. The van der Waals surface area contributed by atoms with E-state index in [2.05, 4.69) is 9.71 Å². The van der Waals surface area contributed by atoms with Gasteiger partial charge >= 0.3 is 5.97 Å². The molecule has 1 atom stereocenters. The van der Waals surface area contributed by atoms with E-state index in [9.17, 15) is 13.2 Å². The van der Waals surface area contributed by atoms with Crippen molar-refractivity contribution in [3.05, 3.63) is 59.1 Å². The molecule has 0 aliphatic carbocycles. The van der Waals surface area contributed by atoms with E-state index in [1.807, 2.05) is 31.2 Å². The minimum absolute atomic E-state index is 0.00760. The number of carbonyl (C=O) groups is 1. The number of nitrogens with zero attached hydrogens (tertiary/aromatic N) is 1.